The highest BCUT2D eigenvalue weighted by atomic mass is 14.5. The Morgan fingerprint density at radius 2 is 1.89 bits per heavy atom. The minimum absolute atomic E-state index is 0.838. The van der Waals surface area contributed by atoms with Gasteiger partial charge in [-0.2, -0.15) is 0 Å². The molecular formula is C18H20. The summed E-state index contributed by atoms with van der Waals surface area (Å²) in [6, 6.07) is 11.0. The van der Waals surface area contributed by atoms with E-state index in [0.29, 0.717) is 0 Å². The van der Waals surface area contributed by atoms with E-state index in [0.717, 1.165) is 23.7 Å². The third kappa shape index (κ3) is 1.67. The predicted molar refractivity (Wildman–Crippen MR) is 75.2 cm³/mol. The summed E-state index contributed by atoms with van der Waals surface area (Å²) in [4.78, 5) is 0. The fourth-order valence-electron chi connectivity index (χ4n) is 4.14. The highest BCUT2D eigenvalue weighted by molar-refractivity contribution is 5.30. The summed E-state index contributed by atoms with van der Waals surface area (Å²) in [6.07, 6.45) is 12.9. The van der Waals surface area contributed by atoms with E-state index in [9.17, 15) is 0 Å². The van der Waals surface area contributed by atoms with Gasteiger partial charge in [0.1, 0.15) is 0 Å². The molecule has 2 bridgehead atoms. The van der Waals surface area contributed by atoms with Crippen molar-refractivity contribution in [2.75, 3.05) is 0 Å². The molecule has 0 heterocycles. The molecule has 18 heavy (non-hydrogen) atoms. The van der Waals surface area contributed by atoms with Crippen molar-refractivity contribution in [1.82, 2.24) is 0 Å². The summed E-state index contributed by atoms with van der Waals surface area (Å²) in [6.45, 7) is 0. The van der Waals surface area contributed by atoms with Gasteiger partial charge in [-0.3, -0.25) is 0 Å². The average Bonchev–Trinajstić information content (AvgIpc) is 2.98. The van der Waals surface area contributed by atoms with Gasteiger partial charge in [0.15, 0.2) is 0 Å². The molecule has 1 fully saturated rings. The van der Waals surface area contributed by atoms with Gasteiger partial charge in [-0.15, -0.1) is 0 Å². The third-order valence-electron chi connectivity index (χ3n) is 5.14. The lowest BCUT2D eigenvalue weighted by atomic mass is 9.70. The van der Waals surface area contributed by atoms with E-state index in [2.05, 4.69) is 48.6 Å². The summed E-state index contributed by atoms with van der Waals surface area (Å²) in [5.74, 6) is 3.51. The second-order valence-electron chi connectivity index (χ2n) is 6.21. The third-order valence-corrected chi connectivity index (χ3v) is 5.14. The van der Waals surface area contributed by atoms with Gasteiger partial charge in [-0.05, 0) is 54.9 Å². The first-order valence-corrected chi connectivity index (χ1v) is 7.32. The molecule has 0 heteroatoms. The monoisotopic (exact) mass is 236 g/mol. The van der Waals surface area contributed by atoms with Crippen LogP contribution in [0, 0.1) is 23.7 Å². The van der Waals surface area contributed by atoms with Crippen molar-refractivity contribution >= 4 is 0 Å². The molecule has 0 amide bonds. The Balaban J connectivity index is 1.47. The molecule has 3 aliphatic rings. The highest BCUT2D eigenvalue weighted by Crippen LogP contribution is 2.51. The van der Waals surface area contributed by atoms with Gasteiger partial charge in [0.2, 0.25) is 0 Å². The van der Waals surface area contributed by atoms with E-state index in [1.807, 2.05) is 0 Å². The van der Waals surface area contributed by atoms with E-state index in [1.165, 1.54) is 31.2 Å². The zero-order chi connectivity index (χ0) is 11.9. The van der Waals surface area contributed by atoms with Crippen LogP contribution in [0.25, 0.3) is 0 Å². The van der Waals surface area contributed by atoms with Gasteiger partial charge in [0.05, 0.1) is 0 Å². The Labute approximate surface area is 109 Å². The smallest absolute Gasteiger partial charge is 0.0125 e. The number of hydrogen-bond donors (Lipinski definition) is 0. The van der Waals surface area contributed by atoms with Crippen molar-refractivity contribution in [3.8, 4) is 0 Å². The molecule has 0 saturated heterocycles. The first-order valence-electron chi connectivity index (χ1n) is 7.32. The summed E-state index contributed by atoms with van der Waals surface area (Å²) >= 11 is 0. The SMILES string of the molecule is C1=CC2CC1CC2C1=CCC1Cc1ccccc1. The van der Waals surface area contributed by atoms with E-state index >= 15 is 0 Å². The number of hydrogen-bond acceptors (Lipinski definition) is 0. The van der Waals surface area contributed by atoms with Crippen molar-refractivity contribution in [3.05, 3.63) is 59.7 Å². The zero-order valence-corrected chi connectivity index (χ0v) is 10.8. The van der Waals surface area contributed by atoms with Crippen LogP contribution in [0.5, 0.6) is 0 Å². The average molecular weight is 236 g/mol. The lowest BCUT2D eigenvalue weighted by Gasteiger charge is -2.35. The van der Waals surface area contributed by atoms with Crippen LogP contribution in [-0.4, -0.2) is 0 Å². The molecule has 0 nitrogen and oxygen atoms in total. The van der Waals surface area contributed by atoms with Crippen LogP contribution < -0.4 is 0 Å². The Bertz CT molecular complexity index is 494. The Kier molecular flexibility index (Phi) is 2.43. The number of allylic oxidation sites excluding steroid dienone is 4. The van der Waals surface area contributed by atoms with Crippen LogP contribution in [0.3, 0.4) is 0 Å². The van der Waals surface area contributed by atoms with Crippen LogP contribution in [0.2, 0.25) is 0 Å². The van der Waals surface area contributed by atoms with Crippen LogP contribution in [0.4, 0.5) is 0 Å². The zero-order valence-electron chi connectivity index (χ0n) is 10.8. The van der Waals surface area contributed by atoms with Crippen molar-refractivity contribution in [2.45, 2.75) is 25.7 Å². The van der Waals surface area contributed by atoms with E-state index in [-0.39, 0.29) is 0 Å². The van der Waals surface area contributed by atoms with E-state index in [4.69, 9.17) is 0 Å². The molecule has 0 aromatic heterocycles. The van der Waals surface area contributed by atoms with Crippen LogP contribution in [-0.2, 0) is 6.42 Å². The fourth-order valence-corrected chi connectivity index (χ4v) is 4.14. The molecular weight excluding hydrogens is 216 g/mol. The molecule has 1 aromatic carbocycles. The molecule has 3 aliphatic carbocycles. The van der Waals surface area contributed by atoms with E-state index in [1.54, 1.807) is 5.57 Å². The topological polar surface area (TPSA) is 0 Å². The van der Waals surface area contributed by atoms with Gasteiger partial charge in [0, 0.05) is 0 Å². The molecule has 0 aliphatic heterocycles. The second kappa shape index (κ2) is 4.12. The largest absolute Gasteiger partial charge is 0.0851 e. The maximum absolute atomic E-state index is 2.52. The second-order valence-corrected chi connectivity index (χ2v) is 6.21. The molecule has 1 saturated carbocycles. The minimum Gasteiger partial charge on any atom is -0.0851 e. The van der Waals surface area contributed by atoms with Crippen LogP contribution in [0.15, 0.2) is 54.1 Å². The normalized spacial score (nSPS) is 36.6. The maximum atomic E-state index is 2.52. The Hall–Kier alpha value is -1.30. The molecule has 0 spiro atoms. The van der Waals surface area contributed by atoms with Crippen LogP contribution in [0.1, 0.15) is 24.8 Å². The minimum atomic E-state index is 0.838. The molecule has 92 valence electrons. The van der Waals surface area contributed by atoms with Crippen molar-refractivity contribution < 1.29 is 0 Å². The lowest BCUT2D eigenvalue weighted by Crippen LogP contribution is -2.24. The highest BCUT2D eigenvalue weighted by Gasteiger charge is 2.41. The van der Waals surface area contributed by atoms with E-state index < -0.39 is 0 Å². The van der Waals surface area contributed by atoms with Gasteiger partial charge < -0.3 is 0 Å². The Morgan fingerprint density at radius 3 is 2.50 bits per heavy atom. The van der Waals surface area contributed by atoms with Gasteiger partial charge >= 0.3 is 0 Å². The first kappa shape index (κ1) is 10.6. The summed E-state index contributed by atoms with van der Waals surface area (Å²) < 4.78 is 0. The number of benzene rings is 1. The predicted octanol–water partition coefficient (Wildman–Crippen LogP) is 4.39. The molecule has 4 unspecified atom stereocenters. The molecule has 4 atom stereocenters. The van der Waals surface area contributed by atoms with Crippen molar-refractivity contribution in [1.29, 1.82) is 0 Å². The van der Waals surface area contributed by atoms with Gasteiger partial charge in [-0.25, -0.2) is 0 Å². The number of rotatable bonds is 3. The standard InChI is InChI=1S/C18H20/c1-2-4-13(5-3-1)10-15-8-9-17(15)18-12-14-6-7-16(18)11-14/h1-7,9,14-16,18H,8,10-12H2. The molecule has 0 N–H and O–H groups in total. The lowest BCUT2D eigenvalue weighted by molar-refractivity contribution is 0.408. The van der Waals surface area contributed by atoms with Crippen molar-refractivity contribution in [2.24, 2.45) is 23.7 Å². The summed E-state index contributed by atoms with van der Waals surface area (Å²) in [7, 11) is 0. The molecule has 0 radical (unpaired) electrons. The van der Waals surface area contributed by atoms with Crippen LogP contribution >= 0.6 is 0 Å². The maximum Gasteiger partial charge on any atom is -0.0125 e. The quantitative estimate of drug-likeness (QED) is 0.683. The Morgan fingerprint density at radius 1 is 1.00 bits per heavy atom. The number of fused-ring (bicyclic) bond motifs is 2. The molecule has 4 rings (SSSR count). The van der Waals surface area contributed by atoms with Gasteiger partial charge in [-0.1, -0.05) is 54.1 Å². The summed E-state index contributed by atoms with van der Waals surface area (Å²) in [5.41, 5.74) is 3.29. The first-order chi connectivity index (χ1) is 8.90. The van der Waals surface area contributed by atoms with Gasteiger partial charge in [0.25, 0.3) is 0 Å². The molecule has 1 aromatic rings. The van der Waals surface area contributed by atoms with Crippen molar-refractivity contribution in [3.63, 3.8) is 0 Å². The fraction of sp³-hybridized carbons (Fsp3) is 0.444. The summed E-state index contributed by atoms with van der Waals surface area (Å²) in [5, 5.41) is 0.